The Morgan fingerprint density at radius 3 is 2.79 bits per heavy atom. The van der Waals surface area contributed by atoms with Crippen LogP contribution in [0.25, 0.3) is 11.0 Å². The first kappa shape index (κ1) is 13.9. The number of methoxy groups -OCH3 is 1. The van der Waals surface area contributed by atoms with Gasteiger partial charge in [0.25, 0.3) is 0 Å². The van der Waals surface area contributed by atoms with E-state index in [2.05, 4.69) is 32.2 Å². The lowest BCUT2D eigenvalue weighted by Gasteiger charge is -2.19. The molecular weight excluding hydrogens is 238 g/mol. The Hall–Kier alpha value is -1.48. The highest BCUT2D eigenvalue weighted by molar-refractivity contribution is 5.83. The number of ether oxygens (including phenoxy) is 1. The summed E-state index contributed by atoms with van der Waals surface area (Å²) in [5.41, 5.74) is 0.831. The van der Waals surface area contributed by atoms with E-state index in [0.717, 1.165) is 29.0 Å². The van der Waals surface area contributed by atoms with Gasteiger partial charge in [-0.2, -0.15) is 0 Å². The fourth-order valence-corrected chi connectivity index (χ4v) is 2.15. The topological polar surface area (TPSA) is 34.4 Å². The summed E-state index contributed by atoms with van der Waals surface area (Å²) >= 11 is 0. The molecule has 19 heavy (non-hydrogen) atoms. The third-order valence-electron chi connectivity index (χ3n) is 3.87. The summed E-state index contributed by atoms with van der Waals surface area (Å²) in [7, 11) is 1.67. The van der Waals surface area contributed by atoms with Gasteiger partial charge in [-0.25, -0.2) is 0 Å². The molecule has 104 valence electrons. The van der Waals surface area contributed by atoms with Gasteiger partial charge >= 0.3 is 0 Å². The molecule has 3 nitrogen and oxygen atoms in total. The molecule has 0 bridgehead atoms. The second kappa shape index (κ2) is 6.11. The number of benzene rings is 1. The lowest BCUT2D eigenvalue weighted by molar-refractivity contribution is 0.370. The SMILES string of the molecule is CCC(C)C(C)NCc1cc2cccc(OC)c2o1. The van der Waals surface area contributed by atoms with Gasteiger partial charge in [-0.3, -0.25) is 0 Å². The van der Waals surface area contributed by atoms with Crippen molar-refractivity contribution in [3.05, 3.63) is 30.0 Å². The van der Waals surface area contributed by atoms with Crippen molar-refractivity contribution < 1.29 is 9.15 Å². The average molecular weight is 261 g/mol. The molecule has 0 radical (unpaired) electrons. The first-order valence-electron chi connectivity index (χ1n) is 6.94. The van der Waals surface area contributed by atoms with Crippen molar-refractivity contribution in [3.63, 3.8) is 0 Å². The van der Waals surface area contributed by atoms with Crippen LogP contribution in [-0.2, 0) is 6.54 Å². The second-order valence-electron chi connectivity index (χ2n) is 5.15. The molecule has 1 N–H and O–H groups in total. The Morgan fingerprint density at radius 2 is 2.11 bits per heavy atom. The minimum Gasteiger partial charge on any atom is -0.493 e. The van der Waals surface area contributed by atoms with E-state index in [-0.39, 0.29) is 0 Å². The zero-order valence-electron chi connectivity index (χ0n) is 12.2. The molecule has 0 spiro atoms. The van der Waals surface area contributed by atoms with E-state index in [0.29, 0.717) is 12.0 Å². The molecule has 0 aliphatic rings. The largest absolute Gasteiger partial charge is 0.493 e. The number of hydrogen-bond donors (Lipinski definition) is 1. The maximum atomic E-state index is 5.87. The Kier molecular flexibility index (Phi) is 4.48. The number of hydrogen-bond acceptors (Lipinski definition) is 3. The molecule has 0 fully saturated rings. The highest BCUT2D eigenvalue weighted by atomic mass is 16.5. The van der Waals surface area contributed by atoms with E-state index in [9.17, 15) is 0 Å². The van der Waals surface area contributed by atoms with Crippen LogP contribution in [0.2, 0.25) is 0 Å². The fraction of sp³-hybridized carbons (Fsp3) is 0.500. The van der Waals surface area contributed by atoms with Crippen molar-refractivity contribution in [2.45, 2.75) is 39.8 Å². The standard InChI is InChI=1S/C16H23NO2/c1-5-11(2)12(3)17-10-14-9-13-7-6-8-15(18-4)16(13)19-14/h6-9,11-12,17H,5,10H2,1-4H3. The van der Waals surface area contributed by atoms with Crippen LogP contribution in [0.1, 0.15) is 33.0 Å². The quantitative estimate of drug-likeness (QED) is 0.854. The summed E-state index contributed by atoms with van der Waals surface area (Å²) in [6.07, 6.45) is 1.18. The molecule has 0 aliphatic carbocycles. The van der Waals surface area contributed by atoms with Gasteiger partial charge in [-0.1, -0.05) is 32.4 Å². The maximum Gasteiger partial charge on any atom is 0.176 e. The number of nitrogens with one attached hydrogen (secondary N) is 1. The van der Waals surface area contributed by atoms with Crippen LogP contribution < -0.4 is 10.1 Å². The molecule has 0 amide bonds. The minimum absolute atomic E-state index is 0.486. The molecule has 1 aromatic heterocycles. The van der Waals surface area contributed by atoms with Crippen LogP contribution in [0.15, 0.2) is 28.7 Å². The predicted molar refractivity (Wildman–Crippen MR) is 78.5 cm³/mol. The van der Waals surface area contributed by atoms with Gasteiger partial charge in [0.1, 0.15) is 5.76 Å². The van der Waals surface area contributed by atoms with Crippen LogP contribution in [0.5, 0.6) is 5.75 Å². The number of rotatable bonds is 6. The second-order valence-corrected chi connectivity index (χ2v) is 5.15. The molecule has 2 aromatic rings. The van der Waals surface area contributed by atoms with Crippen molar-refractivity contribution in [1.82, 2.24) is 5.32 Å². The number of para-hydroxylation sites is 1. The normalized spacial score (nSPS) is 14.5. The Balaban J connectivity index is 2.10. The van der Waals surface area contributed by atoms with Gasteiger partial charge in [0.05, 0.1) is 13.7 Å². The van der Waals surface area contributed by atoms with E-state index in [1.165, 1.54) is 6.42 Å². The minimum atomic E-state index is 0.486. The van der Waals surface area contributed by atoms with E-state index < -0.39 is 0 Å². The van der Waals surface area contributed by atoms with Gasteiger partial charge in [0, 0.05) is 11.4 Å². The summed E-state index contributed by atoms with van der Waals surface area (Å²) < 4.78 is 11.2. The molecule has 2 atom stereocenters. The van der Waals surface area contributed by atoms with Gasteiger partial charge in [0.15, 0.2) is 11.3 Å². The molecule has 1 heterocycles. The third-order valence-corrected chi connectivity index (χ3v) is 3.87. The zero-order valence-corrected chi connectivity index (χ0v) is 12.2. The van der Waals surface area contributed by atoms with Gasteiger partial charge in [0.2, 0.25) is 0 Å². The molecule has 2 unspecified atom stereocenters. The maximum absolute atomic E-state index is 5.87. The van der Waals surface area contributed by atoms with E-state index in [1.54, 1.807) is 7.11 Å². The van der Waals surface area contributed by atoms with Crippen LogP contribution in [0.3, 0.4) is 0 Å². The summed E-state index contributed by atoms with van der Waals surface area (Å²) in [4.78, 5) is 0. The van der Waals surface area contributed by atoms with Crippen molar-refractivity contribution >= 4 is 11.0 Å². The van der Waals surface area contributed by atoms with Crippen molar-refractivity contribution in [2.75, 3.05) is 7.11 Å². The van der Waals surface area contributed by atoms with E-state index >= 15 is 0 Å². The lowest BCUT2D eigenvalue weighted by atomic mass is 10.0. The van der Waals surface area contributed by atoms with Crippen LogP contribution >= 0.6 is 0 Å². The smallest absolute Gasteiger partial charge is 0.176 e. The highest BCUT2D eigenvalue weighted by Crippen LogP contribution is 2.28. The molecule has 2 rings (SSSR count). The first-order valence-corrected chi connectivity index (χ1v) is 6.94. The van der Waals surface area contributed by atoms with Gasteiger partial charge in [-0.05, 0) is 25.0 Å². The molecule has 1 aromatic carbocycles. The third kappa shape index (κ3) is 3.10. The molecule has 0 saturated carbocycles. The molecular formula is C16H23NO2. The number of furan rings is 1. The summed E-state index contributed by atoms with van der Waals surface area (Å²) in [6.45, 7) is 7.45. The highest BCUT2D eigenvalue weighted by Gasteiger charge is 2.12. The van der Waals surface area contributed by atoms with Gasteiger partial charge in [-0.15, -0.1) is 0 Å². The molecule has 3 heteroatoms. The van der Waals surface area contributed by atoms with E-state index in [1.807, 2.05) is 18.2 Å². The number of fused-ring (bicyclic) bond motifs is 1. The summed E-state index contributed by atoms with van der Waals surface area (Å²) in [6, 6.07) is 8.51. The van der Waals surface area contributed by atoms with Crippen LogP contribution in [-0.4, -0.2) is 13.2 Å². The lowest BCUT2D eigenvalue weighted by Crippen LogP contribution is -2.31. The van der Waals surface area contributed by atoms with Crippen molar-refractivity contribution in [2.24, 2.45) is 5.92 Å². The summed E-state index contributed by atoms with van der Waals surface area (Å²) in [5, 5.41) is 4.60. The van der Waals surface area contributed by atoms with Crippen LogP contribution in [0, 0.1) is 5.92 Å². The average Bonchev–Trinajstić information content (AvgIpc) is 2.86. The fourth-order valence-electron chi connectivity index (χ4n) is 2.15. The molecule has 0 aliphatic heterocycles. The molecule has 0 saturated heterocycles. The predicted octanol–water partition coefficient (Wildman–Crippen LogP) is 3.97. The first-order chi connectivity index (χ1) is 9.15. The van der Waals surface area contributed by atoms with E-state index in [4.69, 9.17) is 9.15 Å². The van der Waals surface area contributed by atoms with Crippen LogP contribution in [0.4, 0.5) is 0 Å². The Bertz CT molecular complexity index is 533. The Morgan fingerprint density at radius 1 is 1.32 bits per heavy atom. The Labute approximate surface area is 114 Å². The zero-order chi connectivity index (χ0) is 13.8. The van der Waals surface area contributed by atoms with Crippen molar-refractivity contribution in [3.8, 4) is 5.75 Å². The monoisotopic (exact) mass is 261 g/mol. The van der Waals surface area contributed by atoms with Crippen molar-refractivity contribution in [1.29, 1.82) is 0 Å². The summed E-state index contributed by atoms with van der Waals surface area (Å²) in [5.74, 6) is 2.41. The van der Waals surface area contributed by atoms with Gasteiger partial charge < -0.3 is 14.5 Å².